The summed E-state index contributed by atoms with van der Waals surface area (Å²) >= 11 is 0. The van der Waals surface area contributed by atoms with E-state index in [2.05, 4.69) is 13.8 Å². The van der Waals surface area contributed by atoms with Gasteiger partial charge >= 0.3 is 0 Å². The minimum Gasteiger partial charge on any atom is -0.299 e. The van der Waals surface area contributed by atoms with E-state index in [1.54, 1.807) is 24.3 Å². The third-order valence-corrected chi connectivity index (χ3v) is 5.90. The zero-order valence-corrected chi connectivity index (χ0v) is 15.2. The lowest BCUT2D eigenvalue weighted by molar-refractivity contribution is -0.117. The Hall–Kier alpha value is -1.94. The molecule has 1 unspecified atom stereocenters. The van der Waals surface area contributed by atoms with Crippen LogP contribution in [0.15, 0.2) is 59.5 Å². The van der Waals surface area contributed by atoms with Gasteiger partial charge in [-0.2, -0.15) is 0 Å². The van der Waals surface area contributed by atoms with Crippen molar-refractivity contribution in [3.63, 3.8) is 0 Å². The van der Waals surface area contributed by atoms with Crippen LogP contribution in [0.2, 0.25) is 0 Å². The predicted molar refractivity (Wildman–Crippen MR) is 96.9 cm³/mol. The number of Topliss-reactive ketones (excluding diaryl/α,β-unsaturated/α-hetero) is 1. The van der Waals surface area contributed by atoms with Gasteiger partial charge in [0, 0.05) is 6.42 Å². The summed E-state index contributed by atoms with van der Waals surface area (Å²) in [4.78, 5) is 12.6. The van der Waals surface area contributed by atoms with Crippen LogP contribution in [0.5, 0.6) is 0 Å². The van der Waals surface area contributed by atoms with E-state index in [1.807, 2.05) is 37.3 Å². The Balaban J connectivity index is 2.12. The number of carbonyl (C=O) groups is 1. The van der Waals surface area contributed by atoms with Crippen LogP contribution in [-0.4, -0.2) is 20.0 Å². The first-order valence-corrected chi connectivity index (χ1v) is 9.81. The Morgan fingerprint density at radius 1 is 0.958 bits per heavy atom. The molecule has 0 saturated heterocycles. The van der Waals surface area contributed by atoms with Crippen molar-refractivity contribution in [2.45, 2.75) is 38.0 Å². The maximum atomic E-state index is 12.4. The zero-order chi connectivity index (χ0) is 17.7. The molecule has 0 N–H and O–H groups in total. The van der Waals surface area contributed by atoms with Crippen LogP contribution in [0.3, 0.4) is 0 Å². The highest BCUT2D eigenvalue weighted by Gasteiger charge is 2.24. The van der Waals surface area contributed by atoms with Gasteiger partial charge in [0.2, 0.25) is 0 Å². The third-order valence-electron chi connectivity index (χ3n) is 4.21. The molecule has 0 spiro atoms. The Labute approximate surface area is 144 Å². The molecule has 0 heterocycles. The van der Waals surface area contributed by atoms with Crippen molar-refractivity contribution in [1.29, 1.82) is 0 Å². The molecule has 1 atom stereocenters. The van der Waals surface area contributed by atoms with Crippen molar-refractivity contribution in [2.24, 2.45) is 5.92 Å². The van der Waals surface area contributed by atoms with Crippen LogP contribution >= 0.6 is 0 Å². The normalized spacial score (nSPS) is 13.0. The van der Waals surface area contributed by atoms with Gasteiger partial charge in [-0.3, -0.25) is 4.79 Å². The van der Waals surface area contributed by atoms with E-state index in [-0.39, 0.29) is 28.9 Å². The number of ketones is 1. The molecule has 0 aromatic heterocycles. The van der Waals surface area contributed by atoms with Crippen molar-refractivity contribution < 1.29 is 13.2 Å². The van der Waals surface area contributed by atoms with Crippen LogP contribution in [-0.2, 0) is 14.6 Å². The van der Waals surface area contributed by atoms with E-state index in [4.69, 9.17) is 0 Å². The number of carbonyl (C=O) groups excluding carboxylic acids is 1. The molecule has 0 aliphatic heterocycles. The van der Waals surface area contributed by atoms with Crippen LogP contribution < -0.4 is 0 Å². The maximum Gasteiger partial charge on any atom is 0.185 e. The highest BCUT2D eigenvalue weighted by molar-refractivity contribution is 7.92. The molecule has 0 aliphatic rings. The van der Waals surface area contributed by atoms with Crippen molar-refractivity contribution in [2.75, 3.05) is 5.75 Å². The molecule has 2 rings (SSSR count). The van der Waals surface area contributed by atoms with Crippen LogP contribution in [0.4, 0.5) is 0 Å². The molecule has 24 heavy (non-hydrogen) atoms. The first kappa shape index (κ1) is 18.4. The second kappa shape index (κ2) is 7.75. The molecule has 0 saturated carbocycles. The fourth-order valence-corrected chi connectivity index (χ4v) is 4.04. The zero-order valence-electron chi connectivity index (χ0n) is 14.4. The number of rotatable bonds is 7. The molecule has 2 aromatic rings. The Bertz CT molecular complexity index is 775. The Morgan fingerprint density at radius 2 is 1.54 bits per heavy atom. The molecule has 0 fully saturated rings. The summed E-state index contributed by atoms with van der Waals surface area (Å²) in [7, 11) is -3.58. The topological polar surface area (TPSA) is 51.2 Å². The quantitative estimate of drug-likeness (QED) is 0.757. The lowest BCUT2D eigenvalue weighted by Gasteiger charge is -2.20. The van der Waals surface area contributed by atoms with E-state index in [1.165, 1.54) is 0 Å². The molecular weight excluding hydrogens is 320 g/mol. The molecule has 0 bridgehead atoms. The lowest BCUT2D eigenvalue weighted by atomic mass is 9.85. The first-order chi connectivity index (χ1) is 11.3. The van der Waals surface area contributed by atoms with E-state index in [0.29, 0.717) is 0 Å². The molecular formula is C20H24O3S. The summed E-state index contributed by atoms with van der Waals surface area (Å²) < 4.78 is 24.8. The SMILES string of the molecule is Cc1ccc(S(=O)(=O)CC(=O)CC(c2ccccc2)C(C)C)cc1. The molecule has 0 radical (unpaired) electrons. The molecule has 128 valence electrons. The van der Waals surface area contributed by atoms with E-state index in [9.17, 15) is 13.2 Å². The van der Waals surface area contributed by atoms with Gasteiger partial charge in [-0.1, -0.05) is 61.9 Å². The number of benzene rings is 2. The summed E-state index contributed by atoms with van der Waals surface area (Å²) in [5.41, 5.74) is 2.07. The fourth-order valence-electron chi connectivity index (χ4n) is 2.78. The number of hydrogen-bond donors (Lipinski definition) is 0. The van der Waals surface area contributed by atoms with Crippen LogP contribution in [0.25, 0.3) is 0 Å². The highest BCUT2D eigenvalue weighted by atomic mass is 32.2. The van der Waals surface area contributed by atoms with Crippen molar-refractivity contribution in [3.8, 4) is 0 Å². The third kappa shape index (κ3) is 4.78. The van der Waals surface area contributed by atoms with Gasteiger partial charge in [0.1, 0.15) is 11.5 Å². The van der Waals surface area contributed by atoms with Crippen LogP contribution in [0, 0.1) is 12.8 Å². The summed E-state index contributed by atoms with van der Waals surface area (Å²) in [6.07, 6.45) is 0.243. The maximum absolute atomic E-state index is 12.4. The average Bonchev–Trinajstić information content (AvgIpc) is 2.53. The van der Waals surface area contributed by atoms with Gasteiger partial charge in [-0.25, -0.2) is 8.42 Å². The lowest BCUT2D eigenvalue weighted by Crippen LogP contribution is -2.20. The molecule has 0 amide bonds. The van der Waals surface area contributed by atoms with Gasteiger partial charge in [0.25, 0.3) is 0 Å². The first-order valence-electron chi connectivity index (χ1n) is 8.15. The summed E-state index contributed by atoms with van der Waals surface area (Å²) in [5.74, 6) is -0.380. The highest BCUT2D eigenvalue weighted by Crippen LogP contribution is 2.28. The molecule has 0 aliphatic carbocycles. The van der Waals surface area contributed by atoms with E-state index < -0.39 is 15.6 Å². The Kier molecular flexibility index (Phi) is 5.94. The second-order valence-electron chi connectivity index (χ2n) is 6.58. The van der Waals surface area contributed by atoms with Crippen molar-refractivity contribution >= 4 is 15.6 Å². The molecule has 2 aromatic carbocycles. The average molecular weight is 344 g/mol. The second-order valence-corrected chi connectivity index (χ2v) is 8.57. The monoisotopic (exact) mass is 344 g/mol. The minimum absolute atomic E-state index is 0.0342. The van der Waals surface area contributed by atoms with Crippen molar-refractivity contribution in [1.82, 2.24) is 0 Å². The fraction of sp³-hybridized carbons (Fsp3) is 0.350. The minimum atomic E-state index is -3.58. The van der Waals surface area contributed by atoms with Gasteiger partial charge in [-0.15, -0.1) is 0 Å². The van der Waals surface area contributed by atoms with Crippen molar-refractivity contribution in [3.05, 3.63) is 65.7 Å². The van der Waals surface area contributed by atoms with Crippen LogP contribution in [0.1, 0.15) is 37.3 Å². The Morgan fingerprint density at radius 3 is 2.08 bits per heavy atom. The smallest absolute Gasteiger partial charge is 0.185 e. The molecule has 4 heteroatoms. The van der Waals surface area contributed by atoms with E-state index in [0.717, 1.165) is 11.1 Å². The standard InChI is InChI=1S/C20H24O3S/c1-15(2)20(17-7-5-4-6-8-17)13-18(21)14-24(22,23)19-11-9-16(3)10-12-19/h4-12,15,20H,13-14H2,1-3H3. The molecule has 3 nitrogen and oxygen atoms in total. The van der Waals surface area contributed by atoms with E-state index >= 15 is 0 Å². The van der Waals surface area contributed by atoms with Gasteiger partial charge < -0.3 is 0 Å². The predicted octanol–water partition coefficient (Wildman–Crippen LogP) is 4.17. The summed E-state index contributed by atoms with van der Waals surface area (Å²) in [6, 6.07) is 16.4. The summed E-state index contributed by atoms with van der Waals surface area (Å²) in [6.45, 7) is 6.01. The number of sulfone groups is 1. The number of hydrogen-bond acceptors (Lipinski definition) is 3. The largest absolute Gasteiger partial charge is 0.299 e. The van der Waals surface area contributed by atoms with Gasteiger partial charge in [-0.05, 0) is 36.5 Å². The summed E-state index contributed by atoms with van der Waals surface area (Å²) in [5, 5.41) is 0. The van der Waals surface area contributed by atoms with Gasteiger partial charge in [0.15, 0.2) is 9.84 Å². The van der Waals surface area contributed by atoms with Gasteiger partial charge in [0.05, 0.1) is 4.90 Å². The number of aryl methyl sites for hydroxylation is 1.